The van der Waals surface area contributed by atoms with Crippen LogP contribution in [0.15, 0.2) is 30.3 Å². The number of amides is 1. The van der Waals surface area contributed by atoms with Gasteiger partial charge in [0.1, 0.15) is 10.0 Å². The zero-order chi connectivity index (χ0) is 25.1. The SMILES string of the molecule is COCCNCCC(=O)Nc1sc2c(c1-c1nc3cc(-c4ccc(F)nc4F)ccc3s1)CCNC2. The molecule has 0 atom stereocenters. The van der Waals surface area contributed by atoms with Gasteiger partial charge in [-0.05, 0) is 48.4 Å². The number of carbonyl (C=O) groups excluding carboxylic acids is 1. The molecular weight excluding hydrogens is 504 g/mol. The second-order valence-electron chi connectivity index (χ2n) is 8.35. The fraction of sp³-hybridized carbons (Fsp3) is 0.320. The van der Waals surface area contributed by atoms with Crippen molar-refractivity contribution in [3.05, 3.63) is 52.7 Å². The first-order valence-corrected chi connectivity index (χ1v) is 13.2. The molecule has 188 valence electrons. The van der Waals surface area contributed by atoms with Gasteiger partial charge in [0.15, 0.2) is 0 Å². The van der Waals surface area contributed by atoms with E-state index in [1.807, 2.05) is 6.07 Å². The molecule has 1 aliphatic heterocycles. The minimum absolute atomic E-state index is 0.0598. The molecule has 0 saturated heterocycles. The Labute approximate surface area is 214 Å². The van der Waals surface area contributed by atoms with Gasteiger partial charge >= 0.3 is 0 Å². The van der Waals surface area contributed by atoms with Crippen LogP contribution in [0.3, 0.4) is 0 Å². The fourth-order valence-electron chi connectivity index (χ4n) is 4.17. The maximum Gasteiger partial charge on any atom is 0.226 e. The minimum atomic E-state index is -0.856. The minimum Gasteiger partial charge on any atom is -0.383 e. The van der Waals surface area contributed by atoms with Gasteiger partial charge in [0, 0.05) is 49.2 Å². The summed E-state index contributed by atoms with van der Waals surface area (Å²) in [6.07, 6.45) is 1.20. The van der Waals surface area contributed by atoms with Crippen LogP contribution in [0.4, 0.5) is 13.8 Å². The van der Waals surface area contributed by atoms with Gasteiger partial charge in [-0.15, -0.1) is 22.7 Å². The number of benzene rings is 1. The van der Waals surface area contributed by atoms with Gasteiger partial charge in [0.2, 0.25) is 17.8 Å². The molecule has 3 N–H and O–H groups in total. The van der Waals surface area contributed by atoms with Crippen molar-refractivity contribution >= 4 is 43.8 Å². The number of hydrogen-bond donors (Lipinski definition) is 3. The zero-order valence-corrected chi connectivity index (χ0v) is 21.3. The molecule has 7 nitrogen and oxygen atoms in total. The Morgan fingerprint density at radius 1 is 1.17 bits per heavy atom. The predicted molar refractivity (Wildman–Crippen MR) is 139 cm³/mol. The summed E-state index contributed by atoms with van der Waals surface area (Å²) in [5.74, 6) is -1.77. The van der Waals surface area contributed by atoms with Crippen molar-refractivity contribution in [3.63, 3.8) is 0 Å². The number of nitrogens with zero attached hydrogens (tertiary/aromatic N) is 2. The molecule has 11 heteroatoms. The largest absolute Gasteiger partial charge is 0.383 e. The highest BCUT2D eigenvalue weighted by Crippen LogP contribution is 2.45. The van der Waals surface area contributed by atoms with Crippen molar-refractivity contribution in [2.24, 2.45) is 0 Å². The normalized spacial score (nSPS) is 13.2. The molecule has 0 saturated carbocycles. The van der Waals surface area contributed by atoms with Crippen LogP contribution in [0.25, 0.3) is 31.9 Å². The van der Waals surface area contributed by atoms with Gasteiger partial charge in [-0.2, -0.15) is 13.8 Å². The molecule has 36 heavy (non-hydrogen) atoms. The molecule has 0 radical (unpaired) electrons. The summed E-state index contributed by atoms with van der Waals surface area (Å²) in [7, 11) is 1.64. The van der Waals surface area contributed by atoms with Gasteiger partial charge in [-0.1, -0.05) is 6.07 Å². The van der Waals surface area contributed by atoms with Crippen molar-refractivity contribution in [3.8, 4) is 21.7 Å². The lowest BCUT2D eigenvalue weighted by atomic mass is 10.0. The van der Waals surface area contributed by atoms with Crippen molar-refractivity contribution < 1.29 is 18.3 Å². The monoisotopic (exact) mass is 529 g/mol. The number of aromatic nitrogens is 2. The molecule has 1 aliphatic rings. The number of fused-ring (bicyclic) bond motifs is 2. The number of carbonyl (C=O) groups is 1. The number of anilines is 1. The van der Waals surface area contributed by atoms with Crippen LogP contribution < -0.4 is 16.0 Å². The Balaban J connectivity index is 1.44. The molecule has 0 unspecified atom stereocenters. The van der Waals surface area contributed by atoms with Crippen molar-refractivity contribution in [1.29, 1.82) is 0 Å². The quantitative estimate of drug-likeness (QED) is 0.217. The lowest BCUT2D eigenvalue weighted by molar-refractivity contribution is -0.116. The van der Waals surface area contributed by atoms with Crippen LogP contribution in [0.1, 0.15) is 16.9 Å². The summed E-state index contributed by atoms with van der Waals surface area (Å²) in [5.41, 5.74) is 3.69. The molecule has 0 fully saturated rings. The van der Waals surface area contributed by atoms with Crippen LogP contribution in [0, 0.1) is 11.9 Å². The van der Waals surface area contributed by atoms with Crippen LogP contribution in [-0.4, -0.2) is 49.2 Å². The molecule has 1 aromatic carbocycles. The third-order valence-electron chi connectivity index (χ3n) is 5.92. The third kappa shape index (κ3) is 5.30. The van der Waals surface area contributed by atoms with Gasteiger partial charge in [-0.25, -0.2) is 4.98 Å². The summed E-state index contributed by atoms with van der Waals surface area (Å²) in [6.45, 7) is 3.47. The van der Waals surface area contributed by atoms with E-state index in [0.29, 0.717) is 37.2 Å². The number of thiazole rings is 1. The van der Waals surface area contributed by atoms with E-state index in [1.165, 1.54) is 27.8 Å². The molecule has 4 heterocycles. The smallest absolute Gasteiger partial charge is 0.226 e. The first kappa shape index (κ1) is 24.8. The Bertz CT molecular complexity index is 1400. The van der Waals surface area contributed by atoms with Crippen molar-refractivity contribution in [2.45, 2.75) is 19.4 Å². The average molecular weight is 530 g/mol. The van der Waals surface area contributed by atoms with Crippen LogP contribution in [0.2, 0.25) is 0 Å². The fourth-order valence-corrected chi connectivity index (χ4v) is 6.49. The lowest BCUT2D eigenvalue weighted by Gasteiger charge is -2.13. The molecular formula is C25H25F2N5O2S2. The van der Waals surface area contributed by atoms with Gasteiger partial charge in [0.05, 0.1) is 16.8 Å². The topological polar surface area (TPSA) is 88.2 Å². The standard InChI is InChI=1S/C25H25F2N5O2S2/c1-34-11-10-28-9-7-21(33)32-25-22(16-6-8-29-13-19(16)36-25)24-30-17-12-14(2-4-18(17)35-24)15-3-5-20(26)31-23(15)27/h2-5,12,28-29H,6-11,13H2,1H3,(H,32,33). The van der Waals surface area contributed by atoms with Crippen molar-refractivity contribution in [1.82, 2.24) is 20.6 Å². The van der Waals surface area contributed by atoms with Crippen LogP contribution in [-0.2, 0) is 22.5 Å². The number of nitrogens with one attached hydrogen (secondary N) is 3. The second kappa shape index (κ2) is 11.1. The summed E-state index contributed by atoms with van der Waals surface area (Å²) in [4.78, 5) is 22.1. The molecule has 0 aliphatic carbocycles. The summed E-state index contributed by atoms with van der Waals surface area (Å²) < 4.78 is 33.5. The summed E-state index contributed by atoms with van der Waals surface area (Å²) in [5, 5.41) is 11.3. The van der Waals surface area contributed by atoms with E-state index in [9.17, 15) is 13.6 Å². The highest BCUT2D eigenvalue weighted by atomic mass is 32.1. The van der Waals surface area contributed by atoms with E-state index < -0.39 is 11.9 Å². The van der Waals surface area contributed by atoms with Crippen molar-refractivity contribution in [2.75, 3.05) is 38.7 Å². The zero-order valence-electron chi connectivity index (χ0n) is 19.6. The van der Waals surface area contributed by atoms with Crippen LogP contribution in [0.5, 0.6) is 0 Å². The second-order valence-corrected chi connectivity index (χ2v) is 10.5. The highest BCUT2D eigenvalue weighted by molar-refractivity contribution is 7.23. The van der Waals surface area contributed by atoms with Gasteiger partial charge < -0.3 is 20.7 Å². The molecule has 1 amide bonds. The Hall–Kier alpha value is -2.83. The predicted octanol–water partition coefficient (Wildman–Crippen LogP) is 4.58. The number of ether oxygens (including phenoxy) is 1. The molecule has 0 bridgehead atoms. The third-order valence-corrected chi connectivity index (χ3v) is 8.12. The maximum absolute atomic E-state index is 14.3. The highest BCUT2D eigenvalue weighted by Gasteiger charge is 2.25. The Morgan fingerprint density at radius 3 is 2.89 bits per heavy atom. The number of rotatable bonds is 9. The molecule has 4 aromatic rings. The van der Waals surface area contributed by atoms with E-state index in [1.54, 1.807) is 30.6 Å². The summed E-state index contributed by atoms with van der Waals surface area (Å²) in [6, 6.07) is 7.99. The Kier molecular flexibility index (Phi) is 7.63. The van der Waals surface area contributed by atoms with E-state index >= 15 is 0 Å². The number of methoxy groups -OCH3 is 1. The number of pyridine rings is 1. The maximum atomic E-state index is 14.3. The van der Waals surface area contributed by atoms with Crippen LogP contribution >= 0.6 is 22.7 Å². The van der Waals surface area contributed by atoms with E-state index in [2.05, 4.69) is 20.9 Å². The summed E-state index contributed by atoms with van der Waals surface area (Å²) >= 11 is 3.12. The van der Waals surface area contributed by atoms with E-state index in [0.717, 1.165) is 45.8 Å². The van der Waals surface area contributed by atoms with Gasteiger partial charge in [-0.3, -0.25) is 4.79 Å². The number of thiophene rings is 1. The molecule has 0 spiro atoms. The first-order chi connectivity index (χ1) is 17.5. The average Bonchev–Trinajstić information content (AvgIpc) is 3.43. The number of hydrogen-bond acceptors (Lipinski definition) is 8. The Morgan fingerprint density at radius 2 is 2.06 bits per heavy atom. The number of halogens is 2. The molecule has 5 rings (SSSR count). The lowest BCUT2D eigenvalue weighted by Crippen LogP contribution is -2.24. The molecule has 3 aromatic heterocycles. The van der Waals surface area contributed by atoms with E-state index in [4.69, 9.17) is 9.72 Å². The van der Waals surface area contributed by atoms with E-state index in [-0.39, 0.29) is 11.5 Å². The van der Waals surface area contributed by atoms with Gasteiger partial charge in [0.25, 0.3) is 0 Å². The first-order valence-electron chi connectivity index (χ1n) is 11.6.